The minimum atomic E-state index is -1.89. The molecule has 6 rings (SSSR count). The van der Waals surface area contributed by atoms with Gasteiger partial charge in [-0.05, 0) is 74.1 Å². The molecule has 0 unspecified atom stereocenters. The molecular weight excluding hydrogens is 463 g/mol. The Hall–Kier alpha value is -3.10. The van der Waals surface area contributed by atoms with Crippen LogP contribution in [-0.4, -0.2) is 32.3 Å². The smallest absolute Gasteiger partial charge is 0.343 e. The SMILES string of the molecule is CC[C@@]1(O)C(=O)OCc2c1cc1n(c2=O)Cc2c-1nc1cc(F)c(C)c(C3CC3)c1c2CCCCO. The molecule has 4 heterocycles. The Bertz CT molecular complexity index is 1510. The van der Waals surface area contributed by atoms with Gasteiger partial charge in [0.15, 0.2) is 5.60 Å². The number of aliphatic hydroxyl groups is 2. The van der Waals surface area contributed by atoms with Crippen molar-refractivity contribution < 1.29 is 24.1 Å². The van der Waals surface area contributed by atoms with Gasteiger partial charge >= 0.3 is 5.97 Å². The zero-order valence-corrected chi connectivity index (χ0v) is 20.5. The van der Waals surface area contributed by atoms with Crippen molar-refractivity contribution in [2.45, 2.75) is 77.0 Å². The van der Waals surface area contributed by atoms with E-state index in [-0.39, 0.29) is 42.1 Å². The topological polar surface area (TPSA) is 102 Å². The molecule has 0 bridgehead atoms. The fourth-order valence-electron chi connectivity index (χ4n) is 6.01. The highest BCUT2D eigenvalue weighted by molar-refractivity contribution is 5.92. The van der Waals surface area contributed by atoms with E-state index < -0.39 is 11.6 Å². The second-order valence-corrected chi connectivity index (χ2v) is 10.3. The van der Waals surface area contributed by atoms with Gasteiger partial charge in [0, 0.05) is 29.2 Å². The van der Waals surface area contributed by atoms with Crippen LogP contribution in [0.5, 0.6) is 0 Å². The lowest BCUT2D eigenvalue weighted by Gasteiger charge is -2.31. The summed E-state index contributed by atoms with van der Waals surface area (Å²) in [7, 11) is 0. The molecule has 2 N–H and O–H groups in total. The number of cyclic esters (lactones) is 1. The number of hydrogen-bond acceptors (Lipinski definition) is 6. The number of aliphatic hydroxyl groups excluding tert-OH is 1. The molecule has 1 saturated carbocycles. The number of esters is 1. The maximum absolute atomic E-state index is 15.1. The van der Waals surface area contributed by atoms with Crippen LogP contribution in [-0.2, 0) is 34.7 Å². The van der Waals surface area contributed by atoms with Crippen molar-refractivity contribution in [1.82, 2.24) is 9.55 Å². The van der Waals surface area contributed by atoms with E-state index in [4.69, 9.17) is 9.72 Å². The summed E-state index contributed by atoms with van der Waals surface area (Å²) < 4.78 is 21.8. The summed E-state index contributed by atoms with van der Waals surface area (Å²) >= 11 is 0. The number of carbonyl (C=O) groups excluding carboxylic acids is 1. The van der Waals surface area contributed by atoms with E-state index in [2.05, 4.69) is 0 Å². The molecule has 3 aliphatic rings. The zero-order chi connectivity index (χ0) is 25.4. The summed E-state index contributed by atoms with van der Waals surface area (Å²) in [4.78, 5) is 30.9. The Morgan fingerprint density at radius 3 is 2.69 bits per heavy atom. The average Bonchev–Trinajstić information content (AvgIpc) is 3.63. The molecule has 8 heteroatoms. The first-order valence-electron chi connectivity index (χ1n) is 12.7. The lowest BCUT2D eigenvalue weighted by molar-refractivity contribution is -0.172. The summed E-state index contributed by atoms with van der Waals surface area (Å²) in [6.07, 6.45) is 4.17. The zero-order valence-electron chi connectivity index (χ0n) is 20.5. The van der Waals surface area contributed by atoms with Gasteiger partial charge in [0.2, 0.25) is 0 Å². The number of pyridine rings is 2. The van der Waals surface area contributed by atoms with Gasteiger partial charge < -0.3 is 19.5 Å². The largest absolute Gasteiger partial charge is 0.458 e. The fraction of sp³-hybridized carbons (Fsp3) is 0.464. The molecule has 3 aromatic rings. The molecule has 2 aromatic heterocycles. The summed E-state index contributed by atoms with van der Waals surface area (Å²) in [5, 5.41) is 21.5. The summed E-state index contributed by atoms with van der Waals surface area (Å²) in [6.45, 7) is 3.71. The van der Waals surface area contributed by atoms with Crippen molar-refractivity contribution in [1.29, 1.82) is 0 Å². The fourth-order valence-corrected chi connectivity index (χ4v) is 6.01. The Morgan fingerprint density at radius 1 is 1.22 bits per heavy atom. The number of aryl methyl sites for hydroxylation is 1. The van der Waals surface area contributed by atoms with Gasteiger partial charge in [-0.25, -0.2) is 14.2 Å². The molecule has 1 aliphatic carbocycles. The average molecular weight is 493 g/mol. The number of halogens is 1. The number of unbranched alkanes of at least 4 members (excludes halogenated alkanes) is 1. The molecule has 0 radical (unpaired) electrons. The van der Waals surface area contributed by atoms with Crippen molar-refractivity contribution in [3.8, 4) is 11.4 Å². The first-order valence-corrected chi connectivity index (χ1v) is 12.7. The second-order valence-electron chi connectivity index (χ2n) is 10.3. The van der Waals surface area contributed by atoms with E-state index in [0.717, 1.165) is 41.3 Å². The lowest BCUT2D eigenvalue weighted by Crippen LogP contribution is -2.44. The number of benzene rings is 1. The Kier molecular flexibility index (Phi) is 5.32. The van der Waals surface area contributed by atoms with Gasteiger partial charge in [-0.2, -0.15) is 0 Å². The molecule has 1 fully saturated rings. The van der Waals surface area contributed by atoms with Crippen molar-refractivity contribution in [2.24, 2.45) is 0 Å². The van der Waals surface area contributed by atoms with Crippen LogP contribution >= 0.6 is 0 Å². The minimum Gasteiger partial charge on any atom is -0.458 e. The number of hydrogen-bond donors (Lipinski definition) is 2. The van der Waals surface area contributed by atoms with Gasteiger partial charge in [0.05, 0.1) is 29.0 Å². The maximum atomic E-state index is 15.1. The first kappa shape index (κ1) is 23.3. The van der Waals surface area contributed by atoms with Crippen LogP contribution in [0, 0.1) is 12.7 Å². The van der Waals surface area contributed by atoms with Gasteiger partial charge in [-0.1, -0.05) is 6.92 Å². The first-order chi connectivity index (χ1) is 17.3. The molecule has 1 aromatic carbocycles. The minimum absolute atomic E-state index is 0.0708. The molecule has 7 nitrogen and oxygen atoms in total. The van der Waals surface area contributed by atoms with Crippen molar-refractivity contribution >= 4 is 16.9 Å². The van der Waals surface area contributed by atoms with E-state index in [9.17, 15) is 19.8 Å². The molecule has 0 saturated heterocycles. The highest BCUT2D eigenvalue weighted by Gasteiger charge is 2.45. The van der Waals surface area contributed by atoms with Crippen molar-refractivity contribution in [3.05, 3.63) is 61.7 Å². The number of ether oxygens (including phenoxy) is 1. The summed E-state index contributed by atoms with van der Waals surface area (Å²) in [6, 6.07) is 3.17. The molecule has 1 atom stereocenters. The normalized spacial score (nSPS) is 20.3. The summed E-state index contributed by atoms with van der Waals surface area (Å²) in [5.41, 5.74) is 3.64. The van der Waals surface area contributed by atoms with E-state index in [1.807, 2.05) is 6.92 Å². The predicted molar refractivity (Wildman–Crippen MR) is 131 cm³/mol. The van der Waals surface area contributed by atoms with Crippen LogP contribution in [0.3, 0.4) is 0 Å². The molecule has 0 amide bonds. The quantitative estimate of drug-likeness (QED) is 0.314. The van der Waals surface area contributed by atoms with Crippen LogP contribution in [0.1, 0.15) is 78.3 Å². The Morgan fingerprint density at radius 2 is 2.00 bits per heavy atom. The second kappa shape index (κ2) is 8.21. The van der Waals surface area contributed by atoms with E-state index in [0.29, 0.717) is 47.8 Å². The van der Waals surface area contributed by atoms with Gasteiger partial charge in [-0.3, -0.25) is 4.79 Å². The monoisotopic (exact) mass is 492 g/mol. The summed E-state index contributed by atoms with van der Waals surface area (Å²) in [5.74, 6) is -0.744. The number of carbonyl (C=O) groups is 1. The van der Waals surface area contributed by atoms with Crippen LogP contribution in [0.25, 0.3) is 22.3 Å². The van der Waals surface area contributed by atoms with Gasteiger partial charge in [-0.15, -0.1) is 0 Å². The van der Waals surface area contributed by atoms with Crippen LogP contribution in [0.15, 0.2) is 16.9 Å². The van der Waals surface area contributed by atoms with Gasteiger partial charge in [0.1, 0.15) is 12.4 Å². The number of aromatic nitrogens is 2. The predicted octanol–water partition coefficient (Wildman–Crippen LogP) is 3.72. The molecule has 0 spiro atoms. The Labute approximate surface area is 207 Å². The highest BCUT2D eigenvalue weighted by Crippen LogP contribution is 2.48. The lowest BCUT2D eigenvalue weighted by atomic mass is 9.85. The van der Waals surface area contributed by atoms with Gasteiger partial charge in [0.25, 0.3) is 5.56 Å². The number of fused-ring (bicyclic) bond motifs is 5. The third-order valence-corrected chi connectivity index (χ3v) is 8.16. The van der Waals surface area contributed by atoms with Crippen LogP contribution in [0.4, 0.5) is 4.39 Å². The van der Waals surface area contributed by atoms with E-state index in [1.165, 1.54) is 6.07 Å². The molecule has 36 heavy (non-hydrogen) atoms. The van der Waals surface area contributed by atoms with Crippen LogP contribution < -0.4 is 5.56 Å². The number of nitrogens with zero attached hydrogens (tertiary/aromatic N) is 2. The highest BCUT2D eigenvalue weighted by atomic mass is 19.1. The maximum Gasteiger partial charge on any atom is 0.343 e. The van der Waals surface area contributed by atoms with E-state index in [1.54, 1.807) is 17.6 Å². The molecule has 188 valence electrons. The van der Waals surface area contributed by atoms with Crippen molar-refractivity contribution in [3.63, 3.8) is 0 Å². The Balaban J connectivity index is 1.64. The third-order valence-electron chi connectivity index (χ3n) is 8.16. The number of rotatable bonds is 6. The standard InChI is InChI=1S/C28H29FN2O5/c1-3-28(35)19-10-22-25-17(12-31(22)26(33)18(19)13-36-27(28)34)16(6-4-5-9-32)24-21(30-25)11-20(29)14(2)23(24)15-7-8-15/h10-11,15,32,35H,3-9,12-13H2,1-2H3/t28-/m0/s1. The third kappa shape index (κ3) is 3.20. The molecular formula is C28H29FN2O5. The van der Waals surface area contributed by atoms with E-state index >= 15 is 4.39 Å². The molecule has 2 aliphatic heterocycles. The van der Waals surface area contributed by atoms with Crippen LogP contribution in [0.2, 0.25) is 0 Å². The van der Waals surface area contributed by atoms with Crippen molar-refractivity contribution in [2.75, 3.05) is 6.61 Å².